The minimum Gasteiger partial charge on any atom is -0.445 e. The quantitative estimate of drug-likeness (QED) is 0.392. The van der Waals surface area contributed by atoms with E-state index in [1.165, 1.54) is 24.3 Å². The molecule has 0 aliphatic carbocycles. The van der Waals surface area contributed by atoms with Gasteiger partial charge >= 0.3 is 6.09 Å². The van der Waals surface area contributed by atoms with E-state index in [2.05, 4.69) is 10.6 Å². The Morgan fingerprint density at radius 1 is 1.48 bits per heavy atom. The number of aliphatic hydroxyl groups excluding tert-OH is 1. The van der Waals surface area contributed by atoms with Crippen LogP contribution in [-0.4, -0.2) is 40.7 Å². The smallest absolute Gasteiger partial charge is 0.408 e. The van der Waals surface area contributed by atoms with Gasteiger partial charge in [-0.2, -0.15) is 0 Å². The van der Waals surface area contributed by atoms with Gasteiger partial charge < -0.3 is 20.5 Å². The minimum atomic E-state index is -0.765. The van der Waals surface area contributed by atoms with E-state index >= 15 is 0 Å². The highest BCUT2D eigenvalue weighted by Gasteiger charge is 2.43. The zero-order chi connectivity index (χ0) is 17.0. The molecule has 0 saturated carbocycles. The van der Waals surface area contributed by atoms with Gasteiger partial charge in [-0.25, -0.2) is 4.79 Å². The molecule has 1 aliphatic rings. The monoisotopic (exact) mass is 323 g/mol. The van der Waals surface area contributed by atoms with E-state index < -0.39 is 17.1 Å². The van der Waals surface area contributed by atoms with Gasteiger partial charge in [0.2, 0.25) is 5.91 Å². The van der Waals surface area contributed by atoms with E-state index in [4.69, 9.17) is 9.84 Å². The van der Waals surface area contributed by atoms with Crippen molar-refractivity contribution in [1.82, 2.24) is 10.6 Å². The first-order chi connectivity index (χ1) is 10.9. The molecule has 0 aromatic heterocycles. The Hall–Kier alpha value is -2.68. The highest BCUT2D eigenvalue weighted by Crippen LogP contribution is 2.16. The van der Waals surface area contributed by atoms with Crippen LogP contribution in [0.5, 0.6) is 0 Å². The van der Waals surface area contributed by atoms with Crippen LogP contribution in [0.1, 0.15) is 12.5 Å². The Morgan fingerprint density at radius 2 is 2.13 bits per heavy atom. The van der Waals surface area contributed by atoms with Crippen molar-refractivity contribution in [3.63, 3.8) is 0 Å². The number of aliphatic hydroxyl groups is 1. The number of hydrogen-bond donors (Lipinski definition) is 3. The van der Waals surface area contributed by atoms with Crippen LogP contribution in [0.25, 0.3) is 0 Å². The van der Waals surface area contributed by atoms with Crippen molar-refractivity contribution in [2.45, 2.75) is 25.6 Å². The maximum Gasteiger partial charge on any atom is 0.408 e. The fourth-order valence-electron chi connectivity index (χ4n) is 2.18. The van der Waals surface area contributed by atoms with Crippen LogP contribution in [-0.2, 0) is 16.1 Å². The number of nitrogens with one attached hydrogen (secondary N) is 2. The fraction of sp³-hybridized carbons (Fsp3) is 0.429. The summed E-state index contributed by atoms with van der Waals surface area (Å²) in [5.74, 6) is -0.518. The van der Waals surface area contributed by atoms with Crippen molar-refractivity contribution in [2.75, 3.05) is 6.61 Å². The van der Waals surface area contributed by atoms with E-state index in [-0.39, 0.29) is 36.8 Å². The number of rotatable bonds is 6. The molecule has 0 radical (unpaired) electrons. The Balaban J connectivity index is 1.83. The van der Waals surface area contributed by atoms with Gasteiger partial charge in [0.05, 0.1) is 11.0 Å². The summed E-state index contributed by atoms with van der Waals surface area (Å²) in [6.45, 7) is 1.57. The second kappa shape index (κ2) is 7.05. The summed E-state index contributed by atoms with van der Waals surface area (Å²) in [7, 11) is 0. The first-order valence-electron chi connectivity index (χ1n) is 7.00. The molecule has 0 spiro atoms. The van der Waals surface area contributed by atoms with Crippen molar-refractivity contribution in [2.24, 2.45) is 5.92 Å². The summed E-state index contributed by atoms with van der Waals surface area (Å²) in [5.41, 5.74) is 0.536. The normalized spacial score (nSPS) is 20.9. The van der Waals surface area contributed by atoms with Crippen LogP contribution in [0, 0.1) is 16.0 Å². The highest BCUT2D eigenvalue weighted by atomic mass is 16.6. The molecule has 3 N–H and O–H groups in total. The third kappa shape index (κ3) is 3.95. The highest BCUT2D eigenvalue weighted by molar-refractivity contribution is 5.92. The molecule has 3 atom stereocenters. The molecule has 9 nitrogen and oxygen atoms in total. The number of ether oxygens (including phenoxy) is 1. The van der Waals surface area contributed by atoms with Gasteiger partial charge in [0.1, 0.15) is 12.6 Å². The summed E-state index contributed by atoms with van der Waals surface area (Å²) < 4.78 is 4.98. The Labute approximate surface area is 131 Å². The average Bonchev–Trinajstić information content (AvgIpc) is 2.55. The number of carbonyl (C=O) groups excluding carboxylic acids is 2. The first-order valence-corrected chi connectivity index (χ1v) is 7.00. The molecule has 23 heavy (non-hydrogen) atoms. The maximum atomic E-state index is 11.7. The van der Waals surface area contributed by atoms with Gasteiger partial charge in [-0.05, 0) is 17.7 Å². The minimum absolute atomic E-state index is 0.0508. The zero-order valence-electron chi connectivity index (χ0n) is 12.4. The lowest BCUT2D eigenvalue weighted by Crippen LogP contribution is -2.71. The van der Waals surface area contributed by atoms with Crippen LogP contribution in [0.15, 0.2) is 24.3 Å². The molecule has 1 aromatic carbocycles. The topological polar surface area (TPSA) is 131 Å². The van der Waals surface area contributed by atoms with Gasteiger partial charge in [-0.1, -0.05) is 6.92 Å². The van der Waals surface area contributed by atoms with Crippen molar-refractivity contribution in [3.05, 3.63) is 39.9 Å². The van der Waals surface area contributed by atoms with Gasteiger partial charge in [0.15, 0.2) is 0 Å². The molecule has 2 rings (SSSR count). The maximum absolute atomic E-state index is 11.7. The van der Waals surface area contributed by atoms with Gasteiger partial charge in [-0.15, -0.1) is 0 Å². The second-order valence-electron chi connectivity index (χ2n) is 5.32. The molecular weight excluding hydrogens is 306 g/mol. The number of non-ortho nitro benzene ring substituents is 1. The summed E-state index contributed by atoms with van der Waals surface area (Å²) in [6, 6.07) is 4.53. The summed E-state index contributed by atoms with van der Waals surface area (Å²) in [5, 5.41) is 24.7. The molecule has 1 saturated heterocycles. The molecule has 1 fully saturated rings. The van der Waals surface area contributed by atoms with Crippen LogP contribution in [0.3, 0.4) is 0 Å². The van der Waals surface area contributed by atoms with Gasteiger partial charge in [0.25, 0.3) is 5.69 Å². The van der Waals surface area contributed by atoms with E-state index in [9.17, 15) is 19.7 Å². The number of β-lactam (4-membered cyclic amide) rings is 1. The van der Waals surface area contributed by atoms with Crippen molar-refractivity contribution < 1.29 is 24.4 Å². The zero-order valence-corrected chi connectivity index (χ0v) is 12.4. The second-order valence-corrected chi connectivity index (χ2v) is 5.32. The van der Waals surface area contributed by atoms with Crippen LogP contribution in [0.4, 0.5) is 10.5 Å². The number of nitro benzene ring substituents is 1. The third-order valence-corrected chi connectivity index (χ3v) is 3.64. The molecule has 2 amide bonds. The van der Waals surface area contributed by atoms with E-state index in [1.807, 2.05) is 0 Å². The molecule has 1 heterocycles. The predicted octanol–water partition coefficient (Wildman–Crippen LogP) is 0.316. The van der Waals surface area contributed by atoms with Crippen LogP contribution < -0.4 is 10.6 Å². The largest absolute Gasteiger partial charge is 0.445 e. The Bertz CT molecular complexity index is 603. The molecule has 1 aliphatic heterocycles. The average molecular weight is 323 g/mol. The lowest BCUT2D eigenvalue weighted by Gasteiger charge is -2.39. The molecule has 1 aromatic rings. The molecular formula is C14H17N3O6. The third-order valence-electron chi connectivity index (χ3n) is 3.64. The standard InChI is InChI=1S/C14H17N3O6/c1-8(6-18)11-12(13(19)15-11)16-14(20)23-7-9-2-4-10(5-3-9)17(21)22/h2-5,8,11-12,18H,6-7H2,1H3,(H,15,19)(H,16,20)/t8-,11+,12+/m0/s1. The molecule has 124 valence electrons. The van der Waals surface area contributed by atoms with Gasteiger partial charge in [-0.3, -0.25) is 14.9 Å². The van der Waals surface area contributed by atoms with Crippen molar-refractivity contribution in [1.29, 1.82) is 0 Å². The van der Waals surface area contributed by atoms with E-state index in [0.717, 1.165) is 0 Å². The number of nitro groups is 1. The summed E-state index contributed by atoms with van der Waals surface area (Å²) >= 11 is 0. The van der Waals surface area contributed by atoms with Crippen LogP contribution >= 0.6 is 0 Å². The summed E-state index contributed by atoms with van der Waals surface area (Å²) in [4.78, 5) is 33.2. The predicted molar refractivity (Wildman–Crippen MR) is 78.4 cm³/mol. The SMILES string of the molecule is C[C@@H](CO)[C@H]1NC(=O)[C@@H]1NC(=O)OCc1ccc([N+](=O)[O-])cc1. The van der Waals surface area contributed by atoms with E-state index in [1.54, 1.807) is 6.92 Å². The Kier molecular flexibility index (Phi) is 5.12. The van der Waals surface area contributed by atoms with Crippen molar-refractivity contribution >= 4 is 17.7 Å². The number of benzene rings is 1. The Morgan fingerprint density at radius 3 is 2.65 bits per heavy atom. The lowest BCUT2D eigenvalue weighted by atomic mass is 9.88. The fourth-order valence-corrected chi connectivity index (χ4v) is 2.18. The summed E-state index contributed by atoms with van der Waals surface area (Å²) in [6.07, 6.45) is -0.765. The number of amides is 2. The van der Waals surface area contributed by atoms with Crippen molar-refractivity contribution in [3.8, 4) is 0 Å². The first kappa shape index (κ1) is 16.7. The molecule has 0 bridgehead atoms. The number of nitrogens with zero attached hydrogens (tertiary/aromatic N) is 1. The molecule has 0 unspecified atom stereocenters. The molecule has 9 heteroatoms. The van der Waals surface area contributed by atoms with E-state index in [0.29, 0.717) is 5.56 Å². The lowest BCUT2D eigenvalue weighted by molar-refractivity contribution is -0.384. The van der Waals surface area contributed by atoms with Gasteiger partial charge in [0, 0.05) is 24.7 Å². The number of hydrogen-bond acceptors (Lipinski definition) is 6. The van der Waals surface area contributed by atoms with Crippen LogP contribution in [0.2, 0.25) is 0 Å². The number of carbonyl (C=O) groups is 2. The number of alkyl carbamates (subject to hydrolysis) is 1.